The van der Waals surface area contributed by atoms with Gasteiger partial charge >= 0.3 is 12.1 Å². The van der Waals surface area contributed by atoms with E-state index in [-0.39, 0.29) is 69.3 Å². The van der Waals surface area contributed by atoms with Crippen LogP contribution in [0.25, 0.3) is 33.7 Å². The lowest BCUT2D eigenvalue weighted by Crippen LogP contribution is -2.54. The highest BCUT2D eigenvalue weighted by Gasteiger charge is 2.29. The minimum absolute atomic E-state index is 0.0680. The number of benzene rings is 3. The average Bonchev–Trinajstić information content (AvgIpc) is 3.96. The Morgan fingerprint density at radius 3 is 2.23 bits per heavy atom. The Labute approximate surface area is 428 Å². The number of aromatic nitrogens is 5. The molecule has 20 nitrogen and oxygen atoms in total. The molecule has 7 rings (SSSR count). The number of hydrogen-bond acceptors (Lipinski definition) is 12. The number of ether oxygens (including phenoxy) is 1. The number of fused-ring (bicyclic) bond motifs is 1. The predicted molar refractivity (Wildman–Crippen MR) is 276 cm³/mol. The molecule has 7 N–H and O–H groups in total. The number of primary amides is 1. The average molecular weight is 1010 g/mol. The second-order valence-electron chi connectivity index (χ2n) is 18.2. The van der Waals surface area contributed by atoms with Crippen molar-refractivity contribution >= 4 is 58.4 Å². The molecule has 0 saturated heterocycles. The van der Waals surface area contributed by atoms with Gasteiger partial charge in [-0.3, -0.25) is 48.7 Å². The fourth-order valence-electron chi connectivity index (χ4n) is 8.22. The Hall–Kier alpha value is -8.81. The van der Waals surface area contributed by atoms with E-state index in [4.69, 9.17) is 20.4 Å². The number of pyridine rings is 1. The van der Waals surface area contributed by atoms with Crippen molar-refractivity contribution in [2.45, 2.75) is 91.1 Å². The van der Waals surface area contributed by atoms with Gasteiger partial charge in [-0.15, -0.1) is 0 Å². The van der Waals surface area contributed by atoms with Crippen LogP contribution >= 0.6 is 0 Å². The molecule has 0 aliphatic carbocycles. The molecule has 2 unspecified atom stereocenters. The van der Waals surface area contributed by atoms with Gasteiger partial charge in [-0.25, -0.2) is 14.6 Å². The smallest absolute Gasteiger partial charge is 0.410 e. The number of urea groups is 1. The molecule has 0 saturated carbocycles. The summed E-state index contributed by atoms with van der Waals surface area (Å²) >= 11 is 0. The number of nitrogens with two attached hydrogens (primary N) is 1. The number of carbonyl (C=O) groups excluding carboxylic acids is 7. The molecule has 6 aromatic rings. The minimum Gasteiger partial charge on any atom is -0.445 e. The molecule has 384 valence electrons. The van der Waals surface area contributed by atoms with Gasteiger partial charge in [0.15, 0.2) is 0 Å². The third-order valence-corrected chi connectivity index (χ3v) is 12.1. The van der Waals surface area contributed by atoms with Gasteiger partial charge in [-0.2, -0.15) is 0 Å². The first-order valence-electron chi connectivity index (χ1n) is 24.5. The molecule has 2 atom stereocenters. The lowest BCUT2D eigenvalue weighted by Gasteiger charge is -2.25. The van der Waals surface area contributed by atoms with Gasteiger partial charge in [0.1, 0.15) is 24.5 Å². The summed E-state index contributed by atoms with van der Waals surface area (Å²) in [6, 6.07) is 25.0. The van der Waals surface area contributed by atoms with Crippen LogP contribution in [0, 0.1) is 12.8 Å². The molecule has 4 heterocycles. The van der Waals surface area contributed by atoms with Crippen LogP contribution < -0.4 is 27.0 Å². The molecular weight excluding hydrogens is 945 g/mol. The molecule has 3 aromatic heterocycles. The maximum atomic E-state index is 14.0. The highest BCUT2D eigenvalue weighted by Crippen LogP contribution is 2.31. The molecule has 3 aromatic carbocycles. The number of amides is 8. The fraction of sp³-hybridized carbons (Fsp3) is 0.315. The number of imide groups is 1. The van der Waals surface area contributed by atoms with Crippen molar-refractivity contribution in [3.05, 3.63) is 138 Å². The summed E-state index contributed by atoms with van der Waals surface area (Å²) in [5, 5.41) is 10.9. The standard InChI is InChI=1S/C54H60N12O8/c1-34(2)48(64-45(67)17-8-5-9-29-66-46(68)24-25-47(66)69)52(71)61-42(16-11-26-58-53(55)72)51(70)60-39-21-18-37(19-22-39)33-74-54(73)65(31-36-13-6-4-7-14-36)32-44-62-49(50(63-44)41-15-10-12-35(3)59-41)38-20-23-40-43(30-38)57-28-27-56-40/h4,6-7,10,12-15,18-25,27-28,30,34,42,48H,5,8-9,11,16-17,26,29,31-33H2,1-3H3,(H,60,70)(H,61,71)(H,62,63)(H,64,67)(H3,55,58,72). The van der Waals surface area contributed by atoms with E-state index in [1.165, 1.54) is 12.2 Å². The van der Waals surface area contributed by atoms with Gasteiger partial charge in [0.2, 0.25) is 17.7 Å². The number of unbranched alkanes of at least 4 members (excludes halogenated alkanes) is 2. The summed E-state index contributed by atoms with van der Waals surface area (Å²) in [4.78, 5) is 114. The summed E-state index contributed by atoms with van der Waals surface area (Å²) in [5.74, 6) is -2.01. The summed E-state index contributed by atoms with van der Waals surface area (Å²) in [7, 11) is 0. The van der Waals surface area contributed by atoms with Crippen LogP contribution in [-0.4, -0.2) is 102 Å². The van der Waals surface area contributed by atoms with Crippen molar-refractivity contribution in [3.8, 4) is 22.6 Å². The number of nitrogens with zero attached hydrogens (tertiary/aromatic N) is 6. The largest absolute Gasteiger partial charge is 0.445 e. The van der Waals surface area contributed by atoms with Gasteiger partial charge in [0, 0.05) is 67.5 Å². The third kappa shape index (κ3) is 14.9. The van der Waals surface area contributed by atoms with Crippen molar-refractivity contribution < 1.29 is 38.3 Å². The predicted octanol–water partition coefficient (Wildman–Crippen LogP) is 6.23. The Kier molecular flexibility index (Phi) is 18.3. The van der Waals surface area contributed by atoms with Crippen LogP contribution in [0.5, 0.6) is 0 Å². The molecule has 0 bridgehead atoms. The van der Waals surface area contributed by atoms with Gasteiger partial charge < -0.3 is 36.7 Å². The zero-order chi connectivity index (χ0) is 52.6. The highest BCUT2D eigenvalue weighted by atomic mass is 16.6. The topological polar surface area (TPSA) is 277 Å². The maximum absolute atomic E-state index is 14.0. The van der Waals surface area contributed by atoms with Crippen molar-refractivity contribution in [1.82, 2.24) is 50.7 Å². The molecule has 1 aliphatic rings. The SMILES string of the molecule is Cc1cccc(-c2[nH]c(CN(Cc3ccccc3)C(=O)OCc3ccc(NC(=O)C(CCCNC(N)=O)NC(=O)C(NC(=O)CCCCCN4C(=O)C=CC4=O)C(C)C)cc3)nc2-c2ccc3nccnc3c2)n1. The summed E-state index contributed by atoms with van der Waals surface area (Å²) in [5.41, 5.74) is 12.2. The zero-order valence-electron chi connectivity index (χ0n) is 41.5. The first kappa shape index (κ1) is 53.0. The van der Waals surface area contributed by atoms with Gasteiger partial charge in [0.25, 0.3) is 11.8 Å². The highest BCUT2D eigenvalue weighted by molar-refractivity contribution is 6.12. The molecule has 0 radical (unpaired) electrons. The Morgan fingerprint density at radius 2 is 1.51 bits per heavy atom. The number of nitrogens with one attached hydrogen (secondary N) is 5. The summed E-state index contributed by atoms with van der Waals surface area (Å²) in [6.07, 6.45) is 7.26. The van der Waals surface area contributed by atoms with Gasteiger partial charge in [0.05, 0.1) is 34.7 Å². The van der Waals surface area contributed by atoms with Crippen molar-refractivity contribution in [1.29, 1.82) is 0 Å². The Balaban J connectivity index is 0.982. The summed E-state index contributed by atoms with van der Waals surface area (Å²) in [6.45, 7) is 6.06. The second kappa shape index (κ2) is 25.5. The lowest BCUT2D eigenvalue weighted by atomic mass is 10.0. The van der Waals surface area contributed by atoms with E-state index in [1.54, 1.807) is 55.4 Å². The van der Waals surface area contributed by atoms with Crippen LogP contribution in [0.3, 0.4) is 0 Å². The van der Waals surface area contributed by atoms with Crippen LogP contribution in [0.4, 0.5) is 15.3 Å². The zero-order valence-corrected chi connectivity index (χ0v) is 41.5. The Morgan fingerprint density at radius 1 is 0.770 bits per heavy atom. The van der Waals surface area contributed by atoms with E-state index in [2.05, 4.69) is 36.2 Å². The number of anilines is 1. The molecule has 0 fully saturated rings. The monoisotopic (exact) mass is 1000 g/mol. The maximum Gasteiger partial charge on any atom is 0.410 e. The first-order valence-corrected chi connectivity index (χ1v) is 24.5. The van der Waals surface area contributed by atoms with Gasteiger partial charge in [-0.1, -0.05) is 74.9 Å². The number of carbonyl (C=O) groups is 7. The number of hydrogen-bond donors (Lipinski definition) is 6. The molecule has 1 aliphatic heterocycles. The van der Waals surface area contributed by atoms with Crippen LogP contribution in [0.2, 0.25) is 0 Å². The van der Waals surface area contributed by atoms with Crippen molar-refractivity contribution in [2.24, 2.45) is 11.7 Å². The number of imidazole rings is 1. The van der Waals surface area contributed by atoms with E-state index < -0.39 is 36.0 Å². The van der Waals surface area contributed by atoms with Crippen molar-refractivity contribution in [2.75, 3.05) is 18.4 Å². The first-order chi connectivity index (χ1) is 35.7. The van der Waals surface area contributed by atoms with Crippen LogP contribution in [0.15, 0.2) is 116 Å². The Bertz CT molecular complexity index is 2980. The quantitative estimate of drug-likeness (QED) is 0.0291. The van der Waals surface area contributed by atoms with E-state index in [1.807, 2.05) is 73.7 Å². The number of rotatable bonds is 24. The van der Waals surface area contributed by atoms with Crippen LogP contribution in [0.1, 0.15) is 75.0 Å². The number of aromatic amines is 1. The molecule has 20 heteroatoms. The molecular formula is C54H60N12O8. The minimum atomic E-state index is -1.06. The van der Waals surface area contributed by atoms with Crippen molar-refractivity contribution in [3.63, 3.8) is 0 Å². The number of aryl methyl sites for hydroxylation is 1. The second-order valence-corrected chi connectivity index (χ2v) is 18.2. The van der Waals surface area contributed by atoms with E-state index in [0.29, 0.717) is 65.4 Å². The van der Waals surface area contributed by atoms with E-state index >= 15 is 0 Å². The third-order valence-electron chi connectivity index (χ3n) is 12.1. The fourth-order valence-corrected chi connectivity index (χ4v) is 8.22. The molecule has 0 spiro atoms. The number of H-pyrrole nitrogens is 1. The van der Waals surface area contributed by atoms with E-state index in [9.17, 15) is 33.6 Å². The van der Waals surface area contributed by atoms with Gasteiger partial charge in [-0.05, 0) is 86.1 Å². The molecule has 74 heavy (non-hydrogen) atoms. The van der Waals surface area contributed by atoms with Crippen LogP contribution in [-0.2, 0) is 48.4 Å². The normalized spacial score (nSPS) is 12.9. The summed E-state index contributed by atoms with van der Waals surface area (Å²) < 4.78 is 5.90. The molecule has 8 amide bonds. The van der Waals surface area contributed by atoms with E-state index in [0.717, 1.165) is 27.2 Å². The lowest BCUT2D eigenvalue weighted by molar-refractivity contribution is -0.137.